The second-order valence-electron chi connectivity index (χ2n) is 17.9. The van der Waals surface area contributed by atoms with E-state index in [0.717, 1.165) is 28.6 Å². The van der Waals surface area contributed by atoms with Gasteiger partial charge in [0.25, 0.3) is 0 Å². The van der Waals surface area contributed by atoms with Gasteiger partial charge in [-0.15, -0.1) is 0 Å². The van der Waals surface area contributed by atoms with Gasteiger partial charge in [0.05, 0.1) is 17.0 Å². The number of allylic oxidation sites excluding steroid dienone is 1. The molecule has 48 heavy (non-hydrogen) atoms. The first-order valence-electron chi connectivity index (χ1n) is 16.6. The molecule has 3 atom stereocenters. The molecule has 258 valence electrons. The number of benzene rings is 3. The van der Waals surface area contributed by atoms with E-state index >= 15 is 0 Å². The molecular weight excluding hydrogens is 751 g/mol. The van der Waals surface area contributed by atoms with Crippen LogP contribution >= 0.6 is 0 Å². The number of rotatable bonds is 4. The van der Waals surface area contributed by atoms with E-state index in [1.807, 2.05) is 18.2 Å². The Balaban J connectivity index is 0.00000267. The van der Waals surface area contributed by atoms with Crippen molar-refractivity contribution in [3.05, 3.63) is 104 Å². The van der Waals surface area contributed by atoms with Gasteiger partial charge in [0.2, 0.25) is 0 Å². The Hall–Kier alpha value is -2.48. The summed E-state index contributed by atoms with van der Waals surface area (Å²) < 4.78 is 2.39. The number of aliphatic hydroxyl groups is 1. The largest absolute Gasteiger partial charge is 0.386 e. The minimum absolute atomic E-state index is 0. The Morgan fingerprint density at radius 2 is 1.23 bits per heavy atom. The maximum atomic E-state index is 12.6. The van der Waals surface area contributed by atoms with Crippen molar-refractivity contribution in [2.75, 3.05) is 0 Å². The van der Waals surface area contributed by atoms with Crippen molar-refractivity contribution in [1.82, 2.24) is 4.57 Å². The molecule has 3 unspecified atom stereocenters. The predicted molar refractivity (Wildman–Crippen MR) is 204 cm³/mol. The van der Waals surface area contributed by atoms with Crippen LogP contribution in [0.3, 0.4) is 0 Å². The van der Waals surface area contributed by atoms with Crippen LogP contribution in [-0.4, -0.2) is 15.8 Å². The van der Waals surface area contributed by atoms with Gasteiger partial charge < -0.3 is 24.5 Å². The first kappa shape index (κ1) is 41.7. The molecule has 0 amide bonds. The zero-order valence-corrected chi connectivity index (χ0v) is 35.9. The second-order valence-corrected chi connectivity index (χ2v) is 17.9. The molecule has 0 bridgehead atoms. The molecule has 1 aromatic heterocycles. The van der Waals surface area contributed by atoms with Crippen LogP contribution in [0.5, 0.6) is 0 Å². The van der Waals surface area contributed by atoms with Gasteiger partial charge in [-0.2, -0.15) is 5.26 Å². The van der Waals surface area contributed by atoms with Gasteiger partial charge in [-0.1, -0.05) is 125 Å². The van der Waals surface area contributed by atoms with Gasteiger partial charge in [-0.05, 0) is 88.0 Å². The third-order valence-corrected chi connectivity index (χ3v) is 10.4. The first-order valence-corrected chi connectivity index (χ1v) is 16.6. The van der Waals surface area contributed by atoms with E-state index < -0.39 is 17.1 Å². The molecule has 3 nitrogen and oxygen atoms in total. The molecule has 4 aromatic rings. The summed E-state index contributed by atoms with van der Waals surface area (Å²) >= 11 is 0. The zero-order chi connectivity index (χ0) is 33.4. The average Bonchev–Trinajstić information content (AvgIpc) is 3.26. The summed E-state index contributed by atoms with van der Waals surface area (Å²) in [5, 5.41) is 26.3. The number of fused-ring (bicyclic) bond motifs is 3. The summed E-state index contributed by atoms with van der Waals surface area (Å²) in [6.07, 6.45) is 2.67. The molecule has 0 aliphatic heterocycles. The molecule has 4 heteroatoms. The van der Waals surface area contributed by atoms with Crippen molar-refractivity contribution in [2.45, 2.75) is 118 Å². The fourth-order valence-electron chi connectivity index (χ4n) is 8.11. The van der Waals surface area contributed by atoms with Gasteiger partial charge in [0.15, 0.2) is 0 Å². The number of aliphatic hydroxyl groups excluding tert-OH is 1. The minimum Gasteiger partial charge on any atom is -0.386 e. The molecule has 0 saturated heterocycles. The van der Waals surface area contributed by atoms with E-state index in [1.54, 1.807) is 0 Å². The second kappa shape index (κ2) is 13.7. The maximum Gasteiger partial charge on any atom is 0.103 e. The average molecular weight is 811 g/mol. The van der Waals surface area contributed by atoms with Crippen molar-refractivity contribution in [1.29, 1.82) is 5.26 Å². The summed E-state index contributed by atoms with van der Waals surface area (Å²) in [7, 11) is 0. The van der Waals surface area contributed by atoms with Gasteiger partial charge in [0, 0.05) is 47.6 Å². The molecule has 5 rings (SSSR count). The molecule has 0 radical (unpaired) electrons. The summed E-state index contributed by atoms with van der Waals surface area (Å²) in [6, 6.07) is 26.8. The van der Waals surface area contributed by atoms with Crippen molar-refractivity contribution in [3.8, 4) is 6.07 Å². The fourth-order valence-corrected chi connectivity index (χ4v) is 8.11. The molecule has 1 N–H and O–H groups in total. The predicted octanol–water partition coefficient (Wildman–Crippen LogP) is 11.8. The smallest absolute Gasteiger partial charge is 0.103 e. The van der Waals surface area contributed by atoms with Crippen LogP contribution in [0.25, 0.3) is 27.4 Å². The van der Waals surface area contributed by atoms with Gasteiger partial charge in [0.1, 0.15) is 6.10 Å². The fraction of sp³-hybridized carbons (Fsp3) is 0.477. The van der Waals surface area contributed by atoms with Crippen LogP contribution in [0.4, 0.5) is 0 Å². The van der Waals surface area contributed by atoms with Crippen LogP contribution in [0.2, 0.25) is 0 Å². The van der Waals surface area contributed by atoms with Gasteiger partial charge >= 0.3 is 0 Å². The van der Waals surface area contributed by atoms with Crippen molar-refractivity contribution >= 4 is 27.4 Å². The first-order chi connectivity index (χ1) is 20.6. The zero-order valence-electron chi connectivity index (χ0n) is 32.3. The van der Waals surface area contributed by atoms with E-state index in [0.29, 0.717) is 6.42 Å². The maximum absolute atomic E-state index is 12.6. The van der Waals surface area contributed by atoms with E-state index in [-0.39, 0.29) is 62.4 Å². The van der Waals surface area contributed by atoms with Crippen molar-refractivity contribution in [2.24, 2.45) is 16.2 Å². The molecule has 0 fully saturated rings. The Morgan fingerprint density at radius 1 is 0.771 bits per heavy atom. The number of nitrogens with zero attached hydrogens (tertiary/aromatic N) is 2. The van der Waals surface area contributed by atoms with Crippen LogP contribution in [0, 0.1) is 42.4 Å². The van der Waals surface area contributed by atoms with Crippen molar-refractivity contribution < 1.29 is 30.9 Å². The Bertz CT molecular complexity index is 1750. The van der Waals surface area contributed by atoms with E-state index in [9.17, 15) is 10.4 Å². The van der Waals surface area contributed by atoms with E-state index in [1.165, 1.54) is 21.9 Å². The topological polar surface area (TPSA) is 48.9 Å². The molecule has 1 aliphatic rings. The number of aromatic nitrogens is 1. The van der Waals surface area contributed by atoms with E-state index in [4.69, 9.17) is 0 Å². The van der Waals surface area contributed by atoms with Crippen molar-refractivity contribution in [3.63, 3.8) is 0 Å². The molecule has 1 heterocycles. The number of nitriles is 1. The third-order valence-electron chi connectivity index (χ3n) is 10.4. The summed E-state index contributed by atoms with van der Waals surface area (Å²) in [6.45, 7) is 27.0. The van der Waals surface area contributed by atoms with E-state index in [2.05, 4.69) is 148 Å². The molecule has 3 aromatic carbocycles. The quantitative estimate of drug-likeness (QED) is 0.165. The summed E-state index contributed by atoms with van der Waals surface area (Å²) in [5.74, 6) is 0. The van der Waals surface area contributed by atoms with Crippen LogP contribution in [0.15, 0.2) is 72.8 Å². The molecule has 0 saturated carbocycles. The molecule has 1 aliphatic carbocycles. The molecular formula is C44H60HfN2O-2. The summed E-state index contributed by atoms with van der Waals surface area (Å²) in [4.78, 5) is 0. The SMILES string of the molecule is CC(C)(C)CC(C)(C)C1(C#N)C=C(c2ccccc2)C(O)C(C)(n2c3ccc(C(C)(C)C)cc3c3cc(C(C)(C)C)ccc32)C1.[CH3-].[CH3-].[Hf]. The number of hydrogen-bond acceptors (Lipinski definition) is 2. The van der Waals surface area contributed by atoms with Crippen LogP contribution < -0.4 is 0 Å². The Kier molecular flexibility index (Phi) is 11.9. The van der Waals surface area contributed by atoms with Crippen LogP contribution in [-0.2, 0) is 42.2 Å². The normalized spacial score (nSPS) is 21.8. The summed E-state index contributed by atoms with van der Waals surface area (Å²) in [5.41, 5.74) is 4.59. The number of hydrogen-bond donors (Lipinski definition) is 1. The standard InChI is InChI=1S/C42H54N2O.2CH3.Hf/c1-37(2,3)25-40(10,11)42(27-43)24-33(28-16-14-13-15-17-28)36(45)41(12,26-42)44-34-20-18-29(38(4,5)6)22-31(34)32-23-30(39(7,8)9)19-21-35(32)44;;;/h13-24,36,45H,25-26H2,1-12H3;2*1H3;/q;2*-1;. The van der Waals surface area contributed by atoms with Gasteiger partial charge in [-0.25, -0.2) is 0 Å². The Morgan fingerprint density at radius 3 is 1.62 bits per heavy atom. The monoisotopic (exact) mass is 812 g/mol. The Labute approximate surface area is 311 Å². The van der Waals surface area contributed by atoms with Gasteiger partial charge in [-0.3, -0.25) is 0 Å². The third kappa shape index (κ3) is 7.20. The minimum atomic E-state index is -0.824. The molecule has 0 spiro atoms. The van der Waals surface area contributed by atoms with Crippen LogP contribution in [0.1, 0.15) is 113 Å².